The highest BCUT2D eigenvalue weighted by Gasteiger charge is 2.26. The Kier molecular flexibility index (Phi) is 10.1. The number of hydrogen-bond donors (Lipinski definition) is 1. The van der Waals surface area contributed by atoms with Gasteiger partial charge in [-0.05, 0) is 57.7 Å². The number of nitrogens with one attached hydrogen (secondary N) is 1. The SMILES string of the molecule is Cc1ccccc1N(CCCC(=O)N(CCc1ccccc1)C(C)C(=O)NC(C)C)S(C)(=O)=O. The van der Waals surface area contributed by atoms with Gasteiger partial charge in [0.2, 0.25) is 21.8 Å². The van der Waals surface area contributed by atoms with E-state index in [0.717, 1.165) is 11.1 Å². The zero-order valence-corrected chi connectivity index (χ0v) is 21.6. The van der Waals surface area contributed by atoms with E-state index in [-0.39, 0.29) is 30.8 Å². The smallest absolute Gasteiger partial charge is 0.242 e. The molecule has 1 unspecified atom stereocenters. The molecule has 8 heteroatoms. The Morgan fingerprint density at radius 2 is 1.56 bits per heavy atom. The molecule has 0 heterocycles. The predicted molar refractivity (Wildman–Crippen MR) is 137 cm³/mol. The van der Waals surface area contributed by atoms with Crippen LogP contribution < -0.4 is 9.62 Å². The van der Waals surface area contributed by atoms with Gasteiger partial charge in [0.1, 0.15) is 6.04 Å². The number of para-hydroxylation sites is 1. The standard InChI is InChI=1S/C26H37N3O4S/c1-20(2)27-26(31)22(4)28(19-17-23-13-7-6-8-14-23)25(30)16-11-18-29(34(5,32)33)24-15-10-9-12-21(24)3/h6-10,12-15,20,22H,11,16-19H2,1-5H3,(H,27,31). The van der Waals surface area contributed by atoms with Crippen LogP contribution in [0, 0.1) is 6.92 Å². The number of sulfonamides is 1. The lowest BCUT2D eigenvalue weighted by molar-refractivity contribution is -0.140. The number of nitrogens with zero attached hydrogens (tertiary/aromatic N) is 2. The summed E-state index contributed by atoms with van der Waals surface area (Å²) in [5.41, 5.74) is 2.55. The summed E-state index contributed by atoms with van der Waals surface area (Å²) >= 11 is 0. The van der Waals surface area contributed by atoms with Gasteiger partial charge in [0.25, 0.3) is 0 Å². The van der Waals surface area contributed by atoms with Crippen LogP contribution in [0.25, 0.3) is 0 Å². The summed E-state index contributed by atoms with van der Waals surface area (Å²) in [5, 5.41) is 2.88. The highest BCUT2D eigenvalue weighted by atomic mass is 32.2. The number of hydrogen-bond acceptors (Lipinski definition) is 4. The van der Waals surface area contributed by atoms with E-state index in [1.165, 1.54) is 10.6 Å². The van der Waals surface area contributed by atoms with E-state index in [4.69, 9.17) is 0 Å². The summed E-state index contributed by atoms with van der Waals surface area (Å²) in [6.45, 7) is 7.95. The van der Waals surface area contributed by atoms with Gasteiger partial charge in [-0.1, -0.05) is 48.5 Å². The van der Waals surface area contributed by atoms with Crippen LogP contribution in [0.4, 0.5) is 5.69 Å². The van der Waals surface area contributed by atoms with Crippen molar-refractivity contribution in [1.82, 2.24) is 10.2 Å². The van der Waals surface area contributed by atoms with Crippen molar-refractivity contribution in [2.24, 2.45) is 0 Å². The fourth-order valence-electron chi connectivity index (χ4n) is 3.80. The first-order chi connectivity index (χ1) is 16.0. The van der Waals surface area contributed by atoms with Crippen LogP contribution in [0.1, 0.15) is 44.7 Å². The number of amides is 2. The quantitative estimate of drug-likeness (QED) is 0.496. The highest BCUT2D eigenvalue weighted by molar-refractivity contribution is 7.92. The molecule has 0 saturated heterocycles. The van der Waals surface area contributed by atoms with Crippen LogP contribution >= 0.6 is 0 Å². The van der Waals surface area contributed by atoms with E-state index in [1.54, 1.807) is 24.0 Å². The van der Waals surface area contributed by atoms with Crippen molar-refractivity contribution in [2.75, 3.05) is 23.7 Å². The third kappa shape index (κ3) is 8.17. The minimum absolute atomic E-state index is 0.0292. The molecule has 1 atom stereocenters. The molecule has 34 heavy (non-hydrogen) atoms. The topological polar surface area (TPSA) is 86.8 Å². The second kappa shape index (κ2) is 12.6. The zero-order valence-electron chi connectivity index (χ0n) is 20.8. The highest BCUT2D eigenvalue weighted by Crippen LogP contribution is 2.22. The second-order valence-electron chi connectivity index (χ2n) is 8.89. The molecule has 2 aromatic carbocycles. The molecule has 2 aromatic rings. The molecule has 0 saturated carbocycles. The maximum absolute atomic E-state index is 13.2. The number of carbonyl (C=O) groups is 2. The minimum Gasteiger partial charge on any atom is -0.352 e. The Morgan fingerprint density at radius 3 is 2.15 bits per heavy atom. The molecule has 0 radical (unpaired) electrons. The zero-order chi connectivity index (χ0) is 25.3. The van der Waals surface area contributed by atoms with Crippen LogP contribution in [0.5, 0.6) is 0 Å². The lowest BCUT2D eigenvalue weighted by atomic mass is 10.1. The van der Waals surface area contributed by atoms with Gasteiger partial charge in [-0.25, -0.2) is 8.42 Å². The minimum atomic E-state index is -3.50. The first-order valence-corrected chi connectivity index (χ1v) is 13.5. The molecule has 0 aromatic heterocycles. The van der Waals surface area contributed by atoms with Crippen LogP contribution in [0.2, 0.25) is 0 Å². The Morgan fingerprint density at radius 1 is 0.941 bits per heavy atom. The van der Waals surface area contributed by atoms with Crippen LogP contribution in [0.3, 0.4) is 0 Å². The number of anilines is 1. The van der Waals surface area contributed by atoms with Gasteiger partial charge in [-0.2, -0.15) is 0 Å². The second-order valence-corrected chi connectivity index (χ2v) is 10.8. The first-order valence-electron chi connectivity index (χ1n) is 11.7. The maximum Gasteiger partial charge on any atom is 0.242 e. The fourth-order valence-corrected chi connectivity index (χ4v) is 4.82. The van der Waals surface area contributed by atoms with Crippen LogP contribution in [0.15, 0.2) is 54.6 Å². The predicted octanol–water partition coefficient (Wildman–Crippen LogP) is 3.53. The summed E-state index contributed by atoms with van der Waals surface area (Å²) in [4.78, 5) is 27.5. The molecular weight excluding hydrogens is 450 g/mol. The fraction of sp³-hybridized carbons (Fsp3) is 0.462. The maximum atomic E-state index is 13.2. The normalized spacial score (nSPS) is 12.3. The van der Waals surface area contributed by atoms with Gasteiger partial charge in [-0.3, -0.25) is 13.9 Å². The van der Waals surface area contributed by atoms with Crippen molar-refractivity contribution >= 4 is 27.5 Å². The largest absolute Gasteiger partial charge is 0.352 e. The first kappa shape index (κ1) is 27.4. The summed E-state index contributed by atoms with van der Waals surface area (Å²) in [6, 6.07) is 16.4. The molecule has 0 aliphatic heterocycles. The lowest BCUT2D eigenvalue weighted by Crippen LogP contribution is -2.50. The molecule has 0 fully saturated rings. The molecule has 0 bridgehead atoms. The van der Waals surface area contributed by atoms with Crippen molar-refractivity contribution in [1.29, 1.82) is 0 Å². The average Bonchev–Trinajstić information content (AvgIpc) is 2.77. The van der Waals surface area contributed by atoms with Gasteiger partial charge in [0, 0.05) is 25.6 Å². The Bertz CT molecular complexity index is 1050. The van der Waals surface area contributed by atoms with Gasteiger partial charge in [0.15, 0.2) is 0 Å². The summed E-state index contributed by atoms with van der Waals surface area (Å²) < 4.78 is 26.2. The number of carbonyl (C=O) groups excluding carboxylic acids is 2. The van der Waals surface area contributed by atoms with Crippen molar-refractivity contribution < 1.29 is 18.0 Å². The number of rotatable bonds is 12. The van der Waals surface area contributed by atoms with Crippen LogP contribution in [-0.4, -0.2) is 56.6 Å². The van der Waals surface area contributed by atoms with Gasteiger partial charge >= 0.3 is 0 Å². The average molecular weight is 488 g/mol. The number of benzene rings is 2. The molecule has 0 spiro atoms. The molecule has 2 amide bonds. The molecule has 1 N–H and O–H groups in total. The van der Waals surface area contributed by atoms with Crippen LogP contribution in [-0.2, 0) is 26.0 Å². The van der Waals surface area contributed by atoms with E-state index in [9.17, 15) is 18.0 Å². The Balaban J connectivity index is 2.11. The monoisotopic (exact) mass is 487 g/mol. The molecule has 2 rings (SSSR count). The van der Waals surface area contributed by atoms with E-state index in [1.807, 2.05) is 63.2 Å². The summed E-state index contributed by atoms with van der Waals surface area (Å²) in [6.07, 6.45) is 2.29. The van der Waals surface area contributed by atoms with E-state index in [2.05, 4.69) is 5.32 Å². The summed E-state index contributed by atoms with van der Waals surface area (Å²) in [7, 11) is -3.50. The van der Waals surface area contributed by atoms with Gasteiger partial charge in [0.05, 0.1) is 11.9 Å². The van der Waals surface area contributed by atoms with Gasteiger partial charge < -0.3 is 10.2 Å². The third-order valence-electron chi connectivity index (χ3n) is 5.62. The molecule has 0 aliphatic carbocycles. The molecular formula is C26H37N3O4S. The van der Waals surface area contributed by atoms with Gasteiger partial charge in [-0.15, -0.1) is 0 Å². The third-order valence-corrected chi connectivity index (χ3v) is 6.80. The van der Waals surface area contributed by atoms with E-state index >= 15 is 0 Å². The van der Waals surface area contributed by atoms with Crippen molar-refractivity contribution in [3.63, 3.8) is 0 Å². The number of aryl methyl sites for hydroxylation is 1. The Labute approximate surface area is 204 Å². The van der Waals surface area contributed by atoms with Crippen molar-refractivity contribution in [3.05, 3.63) is 65.7 Å². The van der Waals surface area contributed by atoms with Crippen molar-refractivity contribution in [2.45, 2.75) is 59.0 Å². The van der Waals surface area contributed by atoms with Crippen molar-refractivity contribution in [3.8, 4) is 0 Å². The van der Waals surface area contributed by atoms with E-state index < -0.39 is 16.1 Å². The Hall–Kier alpha value is -2.87. The lowest BCUT2D eigenvalue weighted by Gasteiger charge is -2.30. The molecule has 7 nitrogen and oxygen atoms in total. The molecule has 0 aliphatic rings. The van der Waals surface area contributed by atoms with E-state index in [0.29, 0.717) is 25.1 Å². The summed E-state index contributed by atoms with van der Waals surface area (Å²) in [5.74, 6) is -0.366. The molecule has 186 valence electrons.